The number of rotatable bonds is 2. The normalized spacial score (nSPS) is 37.5. The zero-order valence-electron chi connectivity index (χ0n) is 28.2. The third-order valence-corrected chi connectivity index (χ3v) is 14.3. The zero-order chi connectivity index (χ0) is 31.7. The van der Waals surface area contributed by atoms with Gasteiger partial charge >= 0.3 is 5.97 Å². The molecular weight excluding hydrogens is 584 g/mol. The minimum atomic E-state index is -0.665. The molecule has 47 heavy (non-hydrogen) atoms. The van der Waals surface area contributed by atoms with Gasteiger partial charge in [-0.3, -0.25) is 4.90 Å². The van der Waals surface area contributed by atoms with Crippen molar-refractivity contribution in [3.05, 3.63) is 70.4 Å². The molecule has 1 spiro atoms. The van der Waals surface area contributed by atoms with Gasteiger partial charge in [-0.2, -0.15) is 0 Å². The number of hydrogen-bond donors (Lipinski definition) is 1. The van der Waals surface area contributed by atoms with Crippen molar-refractivity contribution in [2.75, 3.05) is 44.7 Å². The van der Waals surface area contributed by atoms with Gasteiger partial charge in [-0.25, -0.2) is 4.79 Å². The topological polar surface area (TPSA) is 61.0 Å². The van der Waals surface area contributed by atoms with Crippen LogP contribution in [0.2, 0.25) is 0 Å². The Hall–Kier alpha value is -3.29. The largest absolute Gasteiger partial charge is 0.467 e. The lowest BCUT2D eigenvalue weighted by Gasteiger charge is -2.67. The molecule has 4 fully saturated rings. The van der Waals surface area contributed by atoms with Crippen LogP contribution >= 0.6 is 0 Å². The Morgan fingerprint density at radius 1 is 1.13 bits per heavy atom. The lowest BCUT2D eigenvalue weighted by Crippen LogP contribution is -2.83. The number of methoxy groups -OCH3 is 1. The lowest BCUT2D eigenvalue weighted by atomic mass is 9.57. The first-order valence-corrected chi connectivity index (χ1v) is 18.4. The van der Waals surface area contributed by atoms with Crippen LogP contribution < -0.4 is 9.64 Å². The summed E-state index contributed by atoms with van der Waals surface area (Å²) in [7, 11) is 1.55. The van der Waals surface area contributed by atoms with Crippen LogP contribution in [0.4, 0.5) is 5.69 Å². The third kappa shape index (κ3) is 3.58. The van der Waals surface area contributed by atoms with Crippen LogP contribution in [0, 0.1) is 11.3 Å². The molecule has 7 nitrogen and oxygen atoms in total. The molecule has 7 heteroatoms. The Morgan fingerprint density at radius 3 is 2.87 bits per heavy atom. The van der Waals surface area contributed by atoms with E-state index in [1.807, 2.05) is 0 Å². The number of ether oxygens (including phenoxy) is 2. The minimum absolute atomic E-state index is 0.113. The maximum Gasteiger partial charge on any atom is 0.329 e. The van der Waals surface area contributed by atoms with Crippen molar-refractivity contribution in [2.24, 2.45) is 11.3 Å². The summed E-state index contributed by atoms with van der Waals surface area (Å²) in [6.07, 6.45) is 12.5. The highest BCUT2D eigenvalue weighted by Crippen LogP contribution is 2.67. The number of nitrogens with one attached hydrogen (secondary N) is 1. The molecule has 2 aromatic carbocycles. The van der Waals surface area contributed by atoms with Gasteiger partial charge in [0.2, 0.25) is 5.72 Å². The minimum Gasteiger partial charge on any atom is -0.467 e. The van der Waals surface area contributed by atoms with Crippen molar-refractivity contribution in [1.82, 2.24) is 14.8 Å². The second kappa shape index (κ2) is 9.88. The number of hydrogen-bond acceptors (Lipinski definition) is 6. The summed E-state index contributed by atoms with van der Waals surface area (Å²) >= 11 is 0. The average molecular weight is 633 g/mol. The van der Waals surface area contributed by atoms with Gasteiger partial charge in [0.05, 0.1) is 18.6 Å². The second-order valence-corrected chi connectivity index (χ2v) is 15.9. The summed E-state index contributed by atoms with van der Waals surface area (Å²) in [5, 5.41) is 1.39. The van der Waals surface area contributed by atoms with E-state index in [1.54, 1.807) is 7.11 Å². The Bertz CT molecular complexity index is 1850. The highest BCUT2D eigenvalue weighted by Gasteiger charge is 2.76. The van der Waals surface area contributed by atoms with Gasteiger partial charge in [-0.05, 0) is 105 Å². The molecule has 1 N–H and O–H groups in total. The van der Waals surface area contributed by atoms with Crippen LogP contribution in [0.1, 0.15) is 74.8 Å². The quantitative estimate of drug-likeness (QED) is 0.271. The maximum atomic E-state index is 13.9. The van der Waals surface area contributed by atoms with Crippen LogP contribution in [0.25, 0.3) is 10.9 Å². The monoisotopic (exact) mass is 632 g/mol. The predicted molar refractivity (Wildman–Crippen MR) is 184 cm³/mol. The fourth-order valence-electron chi connectivity index (χ4n) is 12.0. The molecule has 1 unspecified atom stereocenters. The molecule has 3 aromatic rings. The van der Waals surface area contributed by atoms with Crippen molar-refractivity contribution in [3.63, 3.8) is 0 Å². The number of H-pyrrole nitrogens is 1. The molecule has 7 aliphatic rings. The van der Waals surface area contributed by atoms with Crippen molar-refractivity contribution < 1.29 is 14.3 Å². The fraction of sp³-hybridized carbons (Fsp3) is 0.575. The van der Waals surface area contributed by atoms with E-state index in [4.69, 9.17) is 9.47 Å². The summed E-state index contributed by atoms with van der Waals surface area (Å²) in [6.45, 7) is 10.1. The van der Waals surface area contributed by atoms with Crippen LogP contribution in [0.5, 0.6) is 5.75 Å². The lowest BCUT2D eigenvalue weighted by molar-refractivity contribution is -0.170. The number of para-hydroxylation sites is 1. The van der Waals surface area contributed by atoms with E-state index >= 15 is 0 Å². The van der Waals surface area contributed by atoms with E-state index in [0.29, 0.717) is 5.41 Å². The standard InChI is InChI=1S/C40H48N4O3/c1-4-25-23-43-18-15-39-22-26-19-29-27-12-17-42-16-8-13-38(5-2,24-42)14-11-31(27)41-32(29)21-34(26)47-40(39)35(43)20-28(25)36(37(45)46-3)44(40)33-10-7-6-9-30(33)39/h4,6-7,9-10,19,21,28,35-36,41H,5,8,11-18,20,22-24H2,1-3H3/b25-4-/t28-,35-,36-,38+,39-,40-/m0/s1. The maximum absolute atomic E-state index is 13.9. The molecule has 246 valence electrons. The first-order chi connectivity index (χ1) is 22.9. The molecule has 0 aliphatic carbocycles. The molecule has 4 bridgehead atoms. The van der Waals surface area contributed by atoms with Gasteiger partial charge in [0.15, 0.2) is 0 Å². The number of anilines is 1. The molecule has 4 saturated heterocycles. The Kier molecular flexibility index (Phi) is 6.03. The smallest absolute Gasteiger partial charge is 0.329 e. The van der Waals surface area contributed by atoms with E-state index in [9.17, 15) is 4.79 Å². The molecule has 0 saturated carbocycles. The average Bonchev–Trinajstić information content (AvgIpc) is 3.58. The summed E-state index contributed by atoms with van der Waals surface area (Å²) < 4.78 is 13.3. The number of fused-ring (bicyclic) bond motifs is 9. The van der Waals surface area contributed by atoms with Gasteiger partial charge in [0.1, 0.15) is 11.8 Å². The number of aromatic nitrogens is 1. The Labute approximate surface area is 278 Å². The van der Waals surface area contributed by atoms with E-state index in [1.165, 1.54) is 77.6 Å². The van der Waals surface area contributed by atoms with Crippen molar-refractivity contribution in [2.45, 2.75) is 94.9 Å². The van der Waals surface area contributed by atoms with Crippen LogP contribution in [-0.2, 0) is 34.2 Å². The van der Waals surface area contributed by atoms with Crippen molar-refractivity contribution in [1.29, 1.82) is 0 Å². The second-order valence-electron chi connectivity index (χ2n) is 15.9. The molecule has 7 atom stereocenters. The number of piperidine rings is 4. The first kappa shape index (κ1) is 28.7. The third-order valence-electron chi connectivity index (χ3n) is 14.3. The van der Waals surface area contributed by atoms with Crippen LogP contribution in [0.3, 0.4) is 0 Å². The highest BCUT2D eigenvalue weighted by molar-refractivity contribution is 5.89. The van der Waals surface area contributed by atoms with Crippen LogP contribution in [-0.4, -0.2) is 78.4 Å². The van der Waals surface area contributed by atoms with Crippen molar-refractivity contribution >= 4 is 22.6 Å². The summed E-state index contributed by atoms with van der Waals surface area (Å²) in [5.41, 5.74) is 8.89. The molecular formula is C40H48N4O3. The molecule has 0 radical (unpaired) electrons. The SMILES string of the molecule is C/C=C1/CN2CC[C@@]34Cc5cc6c7c([nH]c6cc5O[C@@]35[C@@H]2C[C@@H]1[C@@H](C(=O)OC)N5c1ccccc14)CC[C@@]1(CC)CCCN(CC7)C1. The van der Waals surface area contributed by atoms with Gasteiger partial charge in [0, 0.05) is 60.4 Å². The zero-order valence-corrected chi connectivity index (χ0v) is 28.2. The molecule has 1 aromatic heterocycles. The number of esters is 1. The number of aryl methyl sites for hydroxylation is 1. The Balaban J connectivity index is 1.14. The molecule has 0 amide bonds. The number of carbonyl (C=O) groups excluding carboxylic acids is 1. The first-order valence-electron chi connectivity index (χ1n) is 18.4. The van der Waals surface area contributed by atoms with Gasteiger partial charge < -0.3 is 24.3 Å². The number of carbonyl (C=O) groups is 1. The number of nitrogens with zero attached hydrogens (tertiary/aromatic N) is 3. The van der Waals surface area contributed by atoms with E-state index in [2.05, 4.69) is 76.0 Å². The molecule has 10 rings (SSSR count). The summed E-state index contributed by atoms with van der Waals surface area (Å²) in [5.74, 6) is 0.952. The molecule has 8 heterocycles. The van der Waals surface area contributed by atoms with E-state index in [0.717, 1.165) is 63.2 Å². The Morgan fingerprint density at radius 2 is 2.02 bits per heavy atom. The van der Waals surface area contributed by atoms with E-state index < -0.39 is 11.8 Å². The summed E-state index contributed by atoms with van der Waals surface area (Å²) in [6, 6.07) is 13.5. The number of allylic oxidation sites excluding steroid dienone is 1. The van der Waals surface area contributed by atoms with E-state index in [-0.39, 0.29) is 23.3 Å². The van der Waals surface area contributed by atoms with Crippen molar-refractivity contribution in [3.8, 4) is 5.75 Å². The van der Waals surface area contributed by atoms with Crippen LogP contribution in [0.15, 0.2) is 48.0 Å². The molecule has 7 aliphatic heterocycles. The predicted octanol–water partition coefficient (Wildman–Crippen LogP) is 6.13. The summed E-state index contributed by atoms with van der Waals surface area (Å²) in [4.78, 5) is 25.7. The van der Waals surface area contributed by atoms with Gasteiger partial charge in [0.25, 0.3) is 0 Å². The number of aromatic amines is 1. The van der Waals surface area contributed by atoms with Gasteiger partial charge in [-0.1, -0.05) is 36.8 Å². The number of benzene rings is 2. The fourth-order valence-corrected chi connectivity index (χ4v) is 12.0. The highest BCUT2D eigenvalue weighted by atomic mass is 16.5. The van der Waals surface area contributed by atoms with Gasteiger partial charge in [-0.15, -0.1) is 0 Å².